The number of thiophene rings is 1. The van der Waals surface area contributed by atoms with Gasteiger partial charge in [0.1, 0.15) is 16.3 Å². The highest BCUT2D eigenvalue weighted by Gasteiger charge is 2.14. The lowest BCUT2D eigenvalue weighted by Gasteiger charge is -2.05. The molecule has 0 atom stereocenters. The molecule has 2 heterocycles. The van der Waals surface area contributed by atoms with Crippen molar-refractivity contribution in [3.8, 4) is 11.5 Å². The lowest BCUT2D eigenvalue weighted by Crippen LogP contribution is -2.34. The molecule has 26 heavy (non-hydrogen) atoms. The monoisotopic (exact) mass is 372 g/mol. The number of rotatable bonds is 5. The van der Waals surface area contributed by atoms with E-state index in [0.29, 0.717) is 28.3 Å². The van der Waals surface area contributed by atoms with E-state index in [1.807, 2.05) is 31.2 Å². The van der Waals surface area contributed by atoms with Crippen LogP contribution in [0.5, 0.6) is 11.5 Å². The minimum Gasteiger partial charge on any atom is -0.497 e. The summed E-state index contributed by atoms with van der Waals surface area (Å²) in [5, 5.41) is 0.569. The van der Waals surface area contributed by atoms with Crippen molar-refractivity contribution in [3.63, 3.8) is 0 Å². The summed E-state index contributed by atoms with van der Waals surface area (Å²) >= 11 is 1.39. The van der Waals surface area contributed by atoms with Gasteiger partial charge in [-0.25, -0.2) is 4.79 Å². The third kappa shape index (κ3) is 3.17. The number of H-pyrrole nitrogens is 1. The second kappa shape index (κ2) is 7.21. The van der Waals surface area contributed by atoms with Gasteiger partial charge in [0.15, 0.2) is 0 Å². The van der Waals surface area contributed by atoms with Crippen LogP contribution in [0.2, 0.25) is 0 Å². The van der Waals surface area contributed by atoms with E-state index >= 15 is 0 Å². The Bertz CT molecular complexity index is 1080. The van der Waals surface area contributed by atoms with Crippen LogP contribution < -0.4 is 20.7 Å². The van der Waals surface area contributed by atoms with Crippen LogP contribution in [-0.2, 0) is 6.54 Å². The summed E-state index contributed by atoms with van der Waals surface area (Å²) in [6.07, 6.45) is 3.86. The Morgan fingerprint density at radius 3 is 2.35 bits per heavy atom. The second-order valence-electron chi connectivity index (χ2n) is 5.75. The molecule has 3 rings (SSSR count). The summed E-state index contributed by atoms with van der Waals surface area (Å²) in [6, 6.07) is 5.60. The minimum absolute atomic E-state index is 0.248. The van der Waals surface area contributed by atoms with E-state index in [0.717, 1.165) is 16.0 Å². The normalized spacial score (nSPS) is 11.4. The van der Waals surface area contributed by atoms with E-state index in [9.17, 15) is 9.59 Å². The topological polar surface area (TPSA) is 73.3 Å². The Balaban J connectivity index is 2.08. The molecule has 0 aliphatic heterocycles. The molecule has 0 spiro atoms. The summed E-state index contributed by atoms with van der Waals surface area (Å²) in [4.78, 5) is 28.9. The van der Waals surface area contributed by atoms with Gasteiger partial charge < -0.3 is 9.47 Å². The predicted molar refractivity (Wildman–Crippen MR) is 106 cm³/mol. The molecule has 0 radical (unpaired) electrons. The van der Waals surface area contributed by atoms with Crippen molar-refractivity contribution in [2.45, 2.75) is 20.4 Å². The quantitative estimate of drug-likeness (QED) is 0.746. The first-order chi connectivity index (χ1) is 12.5. The van der Waals surface area contributed by atoms with Crippen molar-refractivity contribution >= 4 is 33.7 Å². The standard InChI is InChI=1S/C19H20N2O4S/c1-5-21-18(22)16-11(2)15(26-17(16)20-19(21)23)7-6-12-8-13(24-3)10-14(9-12)25-4/h6-10H,5H2,1-4H3,(H,20,23)/b7-6+. The lowest BCUT2D eigenvalue weighted by molar-refractivity contribution is 0.394. The van der Waals surface area contributed by atoms with Crippen molar-refractivity contribution in [1.82, 2.24) is 9.55 Å². The number of methoxy groups -OCH3 is 2. The van der Waals surface area contributed by atoms with Gasteiger partial charge in [0.2, 0.25) is 0 Å². The Labute approximate surface area is 154 Å². The molecule has 2 aromatic heterocycles. The van der Waals surface area contributed by atoms with Crippen LogP contribution in [0.1, 0.15) is 22.9 Å². The molecule has 0 amide bonds. The van der Waals surface area contributed by atoms with Gasteiger partial charge in [0.25, 0.3) is 5.56 Å². The summed E-state index contributed by atoms with van der Waals surface area (Å²) in [5.74, 6) is 1.40. The Morgan fingerprint density at radius 2 is 1.77 bits per heavy atom. The third-order valence-electron chi connectivity index (χ3n) is 4.23. The average Bonchev–Trinajstić information content (AvgIpc) is 2.95. The molecule has 0 saturated heterocycles. The number of hydrogen-bond donors (Lipinski definition) is 1. The largest absolute Gasteiger partial charge is 0.497 e. The van der Waals surface area contributed by atoms with Crippen LogP contribution in [0.15, 0.2) is 27.8 Å². The summed E-state index contributed by atoms with van der Waals surface area (Å²) < 4.78 is 11.8. The molecule has 6 nitrogen and oxygen atoms in total. The van der Waals surface area contributed by atoms with Gasteiger partial charge in [-0.15, -0.1) is 11.3 Å². The molecular formula is C19H20N2O4S. The number of aromatic nitrogens is 2. The third-order valence-corrected chi connectivity index (χ3v) is 5.40. The zero-order valence-corrected chi connectivity index (χ0v) is 15.9. The van der Waals surface area contributed by atoms with Crippen LogP contribution >= 0.6 is 11.3 Å². The molecule has 0 aliphatic rings. The van der Waals surface area contributed by atoms with E-state index in [1.54, 1.807) is 27.2 Å². The first kappa shape index (κ1) is 18.0. The molecule has 136 valence electrons. The lowest BCUT2D eigenvalue weighted by atomic mass is 10.1. The average molecular weight is 372 g/mol. The van der Waals surface area contributed by atoms with Crippen molar-refractivity contribution < 1.29 is 9.47 Å². The van der Waals surface area contributed by atoms with Crippen molar-refractivity contribution in [1.29, 1.82) is 0 Å². The summed E-state index contributed by atoms with van der Waals surface area (Å²) in [6.45, 7) is 4.01. The SMILES string of the molecule is CCn1c(=O)[nH]c2sc(/C=C/c3cc(OC)cc(OC)c3)c(C)c2c1=O. The fourth-order valence-electron chi connectivity index (χ4n) is 2.81. The van der Waals surface area contributed by atoms with E-state index in [1.165, 1.54) is 15.9 Å². The number of nitrogens with one attached hydrogen (secondary N) is 1. The maximum Gasteiger partial charge on any atom is 0.329 e. The summed E-state index contributed by atoms with van der Waals surface area (Å²) in [5.41, 5.74) is 1.15. The van der Waals surface area contributed by atoms with Crippen molar-refractivity contribution in [2.75, 3.05) is 14.2 Å². The molecule has 1 N–H and O–H groups in total. The maximum atomic E-state index is 12.5. The van der Waals surface area contributed by atoms with E-state index in [4.69, 9.17) is 9.47 Å². The van der Waals surface area contributed by atoms with Crippen molar-refractivity contribution in [3.05, 3.63) is 55.0 Å². The number of fused-ring (bicyclic) bond motifs is 1. The molecule has 0 aliphatic carbocycles. The van der Waals surface area contributed by atoms with E-state index in [-0.39, 0.29) is 11.2 Å². The zero-order chi connectivity index (χ0) is 18.8. The molecule has 0 fully saturated rings. The number of nitrogens with zero attached hydrogens (tertiary/aromatic N) is 1. The Kier molecular flexibility index (Phi) is 4.99. The van der Waals surface area contributed by atoms with Crippen LogP contribution in [0, 0.1) is 6.92 Å². The molecular weight excluding hydrogens is 352 g/mol. The fourth-order valence-corrected chi connectivity index (χ4v) is 3.90. The van der Waals surface area contributed by atoms with Gasteiger partial charge in [0, 0.05) is 17.5 Å². The Morgan fingerprint density at radius 1 is 1.12 bits per heavy atom. The highest BCUT2D eigenvalue weighted by molar-refractivity contribution is 7.19. The molecule has 0 saturated carbocycles. The number of aromatic amines is 1. The first-order valence-electron chi connectivity index (χ1n) is 8.15. The smallest absolute Gasteiger partial charge is 0.329 e. The van der Waals surface area contributed by atoms with Gasteiger partial charge in [0.05, 0.1) is 19.6 Å². The minimum atomic E-state index is -0.376. The van der Waals surface area contributed by atoms with Crippen LogP contribution in [-0.4, -0.2) is 23.8 Å². The number of hydrogen-bond acceptors (Lipinski definition) is 5. The number of ether oxygens (including phenoxy) is 2. The number of benzene rings is 1. The van der Waals surface area contributed by atoms with Crippen LogP contribution in [0.25, 0.3) is 22.4 Å². The first-order valence-corrected chi connectivity index (χ1v) is 8.97. The van der Waals surface area contributed by atoms with Gasteiger partial charge in [-0.2, -0.15) is 0 Å². The van der Waals surface area contributed by atoms with E-state index < -0.39 is 0 Å². The highest BCUT2D eigenvalue weighted by Crippen LogP contribution is 2.29. The zero-order valence-electron chi connectivity index (χ0n) is 15.1. The van der Waals surface area contributed by atoms with Gasteiger partial charge in [-0.3, -0.25) is 14.3 Å². The van der Waals surface area contributed by atoms with Gasteiger partial charge in [-0.05, 0) is 43.2 Å². The molecule has 0 bridgehead atoms. The van der Waals surface area contributed by atoms with Crippen molar-refractivity contribution in [2.24, 2.45) is 0 Å². The Hall–Kier alpha value is -2.80. The van der Waals surface area contributed by atoms with Gasteiger partial charge >= 0.3 is 5.69 Å². The molecule has 1 aromatic carbocycles. The van der Waals surface area contributed by atoms with Crippen LogP contribution in [0.4, 0.5) is 0 Å². The second-order valence-corrected chi connectivity index (χ2v) is 6.81. The van der Waals surface area contributed by atoms with Gasteiger partial charge in [-0.1, -0.05) is 6.08 Å². The molecule has 3 aromatic rings. The molecule has 0 unspecified atom stereocenters. The maximum absolute atomic E-state index is 12.5. The molecule has 7 heteroatoms. The van der Waals surface area contributed by atoms with Crippen LogP contribution in [0.3, 0.4) is 0 Å². The fraction of sp³-hybridized carbons (Fsp3) is 0.263. The predicted octanol–water partition coefficient (Wildman–Crippen LogP) is 3.27. The van der Waals surface area contributed by atoms with E-state index in [2.05, 4.69) is 4.98 Å². The number of aryl methyl sites for hydroxylation is 1. The highest BCUT2D eigenvalue weighted by atomic mass is 32.1. The summed E-state index contributed by atoms with van der Waals surface area (Å²) in [7, 11) is 3.21.